The van der Waals surface area contributed by atoms with Crippen molar-refractivity contribution in [3.63, 3.8) is 0 Å². The second kappa shape index (κ2) is 5.86. The first kappa shape index (κ1) is 12.2. The molecule has 90 valence electrons. The molecule has 1 aromatic rings. The number of nitrogens with one attached hydrogen (secondary N) is 1. The molecule has 1 atom stereocenters. The van der Waals surface area contributed by atoms with E-state index in [1.165, 1.54) is 11.1 Å². The largest absolute Gasteiger partial charge is 0.312 e. The third kappa shape index (κ3) is 2.88. The van der Waals surface area contributed by atoms with E-state index in [4.69, 9.17) is 6.42 Å². The Morgan fingerprint density at radius 1 is 1.47 bits per heavy atom. The average molecular weight is 228 g/mol. The van der Waals surface area contributed by atoms with Crippen LogP contribution in [0.15, 0.2) is 24.3 Å². The fourth-order valence-electron chi connectivity index (χ4n) is 2.49. The van der Waals surface area contributed by atoms with Gasteiger partial charge in [0.15, 0.2) is 0 Å². The summed E-state index contributed by atoms with van der Waals surface area (Å²) in [5, 5.41) is 3.48. The van der Waals surface area contributed by atoms with Crippen molar-refractivity contribution in [1.82, 2.24) is 10.2 Å². The minimum atomic E-state index is 0.563. The maximum Gasteiger partial charge on any atom is 0.0599 e. The highest BCUT2D eigenvalue weighted by atomic mass is 15.1. The molecule has 0 fully saturated rings. The summed E-state index contributed by atoms with van der Waals surface area (Å²) >= 11 is 0. The van der Waals surface area contributed by atoms with Crippen molar-refractivity contribution in [3.8, 4) is 12.3 Å². The van der Waals surface area contributed by atoms with E-state index in [1.807, 2.05) is 0 Å². The molecular formula is C15H20N2. The maximum absolute atomic E-state index is 5.40. The summed E-state index contributed by atoms with van der Waals surface area (Å²) in [5.41, 5.74) is 2.92. The molecule has 0 bridgehead atoms. The Balaban J connectivity index is 2.10. The first-order valence-corrected chi connectivity index (χ1v) is 6.29. The molecule has 1 N–H and O–H groups in total. The van der Waals surface area contributed by atoms with Crippen LogP contribution in [0.5, 0.6) is 0 Å². The van der Waals surface area contributed by atoms with Gasteiger partial charge in [-0.1, -0.05) is 37.1 Å². The van der Waals surface area contributed by atoms with Crippen LogP contribution >= 0.6 is 0 Å². The lowest BCUT2D eigenvalue weighted by Crippen LogP contribution is -2.37. The summed E-state index contributed by atoms with van der Waals surface area (Å²) in [6.07, 6.45) is 5.40. The lowest BCUT2D eigenvalue weighted by Gasteiger charge is -2.30. The SMILES string of the molecule is C#CCN(CC)CC1CNCc2ccccc21. The summed E-state index contributed by atoms with van der Waals surface area (Å²) in [6, 6.07) is 8.72. The minimum Gasteiger partial charge on any atom is -0.312 e. The van der Waals surface area contributed by atoms with Crippen LogP contribution in [0, 0.1) is 12.3 Å². The van der Waals surface area contributed by atoms with Gasteiger partial charge in [0.2, 0.25) is 0 Å². The first-order valence-electron chi connectivity index (χ1n) is 6.29. The molecule has 0 saturated carbocycles. The molecule has 2 rings (SSSR count). The van der Waals surface area contributed by atoms with Crippen molar-refractivity contribution in [2.75, 3.05) is 26.2 Å². The fraction of sp³-hybridized carbons (Fsp3) is 0.467. The molecule has 1 unspecified atom stereocenters. The van der Waals surface area contributed by atoms with Crippen molar-refractivity contribution in [1.29, 1.82) is 0 Å². The van der Waals surface area contributed by atoms with Crippen LogP contribution in [0.2, 0.25) is 0 Å². The molecule has 2 heteroatoms. The lowest BCUT2D eigenvalue weighted by molar-refractivity contribution is 0.291. The van der Waals surface area contributed by atoms with Gasteiger partial charge in [-0.05, 0) is 17.7 Å². The molecule has 1 aliphatic heterocycles. The van der Waals surface area contributed by atoms with Crippen molar-refractivity contribution in [2.24, 2.45) is 0 Å². The number of nitrogens with zero attached hydrogens (tertiary/aromatic N) is 1. The standard InChI is InChI=1S/C15H20N2/c1-3-9-17(4-2)12-14-11-16-10-13-7-5-6-8-15(13)14/h1,5-8,14,16H,4,9-12H2,2H3. The van der Waals surface area contributed by atoms with Crippen LogP contribution in [0.25, 0.3) is 0 Å². The van der Waals surface area contributed by atoms with Gasteiger partial charge in [-0.25, -0.2) is 0 Å². The van der Waals surface area contributed by atoms with Gasteiger partial charge in [-0.2, -0.15) is 0 Å². The molecule has 17 heavy (non-hydrogen) atoms. The Morgan fingerprint density at radius 2 is 2.29 bits per heavy atom. The van der Waals surface area contributed by atoms with Gasteiger partial charge in [-0.15, -0.1) is 6.42 Å². The summed E-state index contributed by atoms with van der Waals surface area (Å²) in [7, 11) is 0. The zero-order valence-electron chi connectivity index (χ0n) is 10.4. The molecule has 0 spiro atoms. The quantitative estimate of drug-likeness (QED) is 0.791. The number of likely N-dealkylation sites (N-methyl/N-ethyl adjacent to an activating group) is 1. The predicted octanol–water partition coefficient (Wildman–Crippen LogP) is 1.83. The van der Waals surface area contributed by atoms with E-state index in [0.717, 1.165) is 32.7 Å². The molecule has 1 heterocycles. The normalized spacial score (nSPS) is 18.8. The molecule has 2 nitrogen and oxygen atoms in total. The Bertz CT molecular complexity index is 406. The first-order chi connectivity index (χ1) is 8.35. The zero-order valence-corrected chi connectivity index (χ0v) is 10.4. The third-order valence-corrected chi connectivity index (χ3v) is 3.44. The van der Waals surface area contributed by atoms with Crippen LogP contribution in [0.3, 0.4) is 0 Å². The van der Waals surface area contributed by atoms with Crippen molar-refractivity contribution < 1.29 is 0 Å². The predicted molar refractivity (Wildman–Crippen MR) is 71.8 cm³/mol. The second-order valence-corrected chi connectivity index (χ2v) is 4.56. The summed E-state index contributed by atoms with van der Waals surface area (Å²) in [5.74, 6) is 3.30. The number of fused-ring (bicyclic) bond motifs is 1. The number of terminal acetylenes is 1. The van der Waals surface area contributed by atoms with E-state index in [0.29, 0.717) is 5.92 Å². The van der Waals surface area contributed by atoms with Gasteiger partial charge < -0.3 is 5.32 Å². The van der Waals surface area contributed by atoms with Crippen molar-refractivity contribution in [2.45, 2.75) is 19.4 Å². The van der Waals surface area contributed by atoms with Crippen LogP contribution in [-0.2, 0) is 6.54 Å². The number of hydrogen-bond acceptors (Lipinski definition) is 2. The molecule has 0 aromatic heterocycles. The fourth-order valence-corrected chi connectivity index (χ4v) is 2.49. The van der Waals surface area contributed by atoms with Gasteiger partial charge in [0, 0.05) is 25.6 Å². The van der Waals surface area contributed by atoms with Gasteiger partial charge in [-0.3, -0.25) is 4.90 Å². The molecule has 1 aliphatic rings. The Hall–Kier alpha value is -1.30. The summed E-state index contributed by atoms with van der Waals surface area (Å²) < 4.78 is 0. The van der Waals surface area contributed by atoms with Gasteiger partial charge in [0.25, 0.3) is 0 Å². The van der Waals surface area contributed by atoms with E-state index in [9.17, 15) is 0 Å². The van der Waals surface area contributed by atoms with Gasteiger partial charge >= 0.3 is 0 Å². The van der Waals surface area contributed by atoms with Crippen LogP contribution in [0.4, 0.5) is 0 Å². The van der Waals surface area contributed by atoms with Crippen LogP contribution in [0.1, 0.15) is 24.0 Å². The van der Waals surface area contributed by atoms with Gasteiger partial charge in [0.1, 0.15) is 0 Å². The van der Waals surface area contributed by atoms with Gasteiger partial charge in [0.05, 0.1) is 6.54 Å². The summed E-state index contributed by atoms with van der Waals surface area (Å²) in [4.78, 5) is 2.33. The third-order valence-electron chi connectivity index (χ3n) is 3.44. The molecule has 1 aromatic carbocycles. The van der Waals surface area contributed by atoms with E-state index < -0.39 is 0 Å². The highest BCUT2D eigenvalue weighted by molar-refractivity contribution is 5.32. The molecular weight excluding hydrogens is 208 g/mol. The van der Waals surface area contributed by atoms with E-state index in [-0.39, 0.29) is 0 Å². The highest BCUT2D eigenvalue weighted by Crippen LogP contribution is 2.24. The Morgan fingerprint density at radius 3 is 3.06 bits per heavy atom. The lowest BCUT2D eigenvalue weighted by atomic mass is 9.90. The highest BCUT2D eigenvalue weighted by Gasteiger charge is 2.20. The maximum atomic E-state index is 5.40. The molecule has 0 radical (unpaired) electrons. The van der Waals surface area contributed by atoms with E-state index >= 15 is 0 Å². The van der Waals surface area contributed by atoms with E-state index in [2.05, 4.69) is 47.3 Å². The van der Waals surface area contributed by atoms with Crippen LogP contribution in [-0.4, -0.2) is 31.1 Å². The monoisotopic (exact) mass is 228 g/mol. The minimum absolute atomic E-state index is 0.563. The second-order valence-electron chi connectivity index (χ2n) is 4.56. The Labute approximate surface area is 104 Å². The van der Waals surface area contributed by atoms with E-state index in [1.54, 1.807) is 0 Å². The molecule has 0 saturated heterocycles. The number of rotatable bonds is 4. The van der Waals surface area contributed by atoms with Crippen molar-refractivity contribution in [3.05, 3.63) is 35.4 Å². The number of hydrogen-bond donors (Lipinski definition) is 1. The van der Waals surface area contributed by atoms with Crippen LogP contribution < -0.4 is 5.32 Å². The molecule has 0 aliphatic carbocycles. The Kier molecular flexibility index (Phi) is 4.19. The smallest absolute Gasteiger partial charge is 0.0599 e. The zero-order chi connectivity index (χ0) is 12.1. The topological polar surface area (TPSA) is 15.3 Å². The number of benzene rings is 1. The molecule has 0 amide bonds. The van der Waals surface area contributed by atoms with Crippen molar-refractivity contribution >= 4 is 0 Å². The summed E-state index contributed by atoms with van der Waals surface area (Å²) in [6.45, 7) is 7.02. The average Bonchev–Trinajstić information content (AvgIpc) is 2.38.